The van der Waals surface area contributed by atoms with Crippen LogP contribution in [0, 0.1) is 0 Å². The SMILES string of the molecule is CCNC(=O)C(C)NCC1CN(CC)CCO1. The molecule has 5 heteroatoms. The van der Waals surface area contributed by atoms with E-state index >= 15 is 0 Å². The number of nitrogens with one attached hydrogen (secondary N) is 2. The smallest absolute Gasteiger partial charge is 0.236 e. The van der Waals surface area contributed by atoms with Crippen molar-refractivity contribution in [2.24, 2.45) is 0 Å². The number of carbonyl (C=O) groups excluding carboxylic acids is 1. The molecule has 0 aromatic heterocycles. The molecule has 1 aliphatic rings. The van der Waals surface area contributed by atoms with Crippen LogP contribution in [0.5, 0.6) is 0 Å². The Hall–Kier alpha value is -0.650. The van der Waals surface area contributed by atoms with E-state index < -0.39 is 0 Å². The lowest BCUT2D eigenvalue weighted by Gasteiger charge is -2.32. The van der Waals surface area contributed by atoms with Crippen LogP contribution in [0.3, 0.4) is 0 Å². The lowest BCUT2D eigenvalue weighted by molar-refractivity contribution is -0.122. The van der Waals surface area contributed by atoms with Crippen molar-refractivity contribution in [2.45, 2.75) is 32.9 Å². The van der Waals surface area contributed by atoms with Gasteiger partial charge in [-0.25, -0.2) is 0 Å². The average Bonchev–Trinajstić information content (AvgIpc) is 2.36. The van der Waals surface area contributed by atoms with E-state index in [2.05, 4.69) is 22.5 Å². The van der Waals surface area contributed by atoms with Gasteiger partial charge in [0.05, 0.1) is 18.8 Å². The van der Waals surface area contributed by atoms with E-state index in [1.807, 2.05) is 13.8 Å². The molecule has 2 atom stereocenters. The summed E-state index contributed by atoms with van der Waals surface area (Å²) in [5.41, 5.74) is 0. The van der Waals surface area contributed by atoms with Gasteiger partial charge < -0.3 is 15.4 Å². The van der Waals surface area contributed by atoms with E-state index in [1.165, 1.54) is 0 Å². The van der Waals surface area contributed by atoms with Crippen LogP contribution in [0.15, 0.2) is 0 Å². The van der Waals surface area contributed by atoms with Gasteiger partial charge in [0.25, 0.3) is 0 Å². The maximum absolute atomic E-state index is 11.5. The third-order valence-corrected chi connectivity index (χ3v) is 3.07. The van der Waals surface area contributed by atoms with E-state index in [0.717, 1.165) is 32.8 Å². The van der Waals surface area contributed by atoms with Crippen molar-refractivity contribution in [2.75, 3.05) is 39.3 Å². The van der Waals surface area contributed by atoms with Gasteiger partial charge >= 0.3 is 0 Å². The van der Waals surface area contributed by atoms with Gasteiger partial charge in [0.2, 0.25) is 5.91 Å². The van der Waals surface area contributed by atoms with Crippen molar-refractivity contribution in [1.82, 2.24) is 15.5 Å². The molecule has 0 saturated carbocycles. The number of morpholine rings is 1. The predicted octanol–water partition coefficient (Wildman–Crippen LogP) is -0.179. The molecule has 5 nitrogen and oxygen atoms in total. The van der Waals surface area contributed by atoms with E-state index in [4.69, 9.17) is 4.74 Å². The van der Waals surface area contributed by atoms with Gasteiger partial charge in [-0.05, 0) is 20.4 Å². The summed E-state index contributed by atoms with van der Waals surface area (Å²) in [6.45, 7) is 11.2. The zero-order valence-corrected chi connectivity index (χ0v) is 11.2. The maximum Gasteiger partial charge on any atom is 0.236 e. The van der Waals surface area contributed by atoms with Gasteiger partial charge in [-0.15, -0.1) is 0 Å². The van der Waals surface area contributed by atoms with Crippen molar-refractivity contribution in [3.8, 4) is 0 Å². The standard InChI is InChI=1S/C12H25N3O2/c1-4-13-12(16)10(3)14-8-11-9-15(5-2)6-7-17-11/h10-11,14H,4-9H2,1-3H3,(H,13,16). The number of hydrogen-bond donors (Lipinski definition) is 2. The third kappa shape index (κ3) is 5.02. The van der Waals surface area contributed by atoms with Crippen LogP contribution in [0.2, 0.25) is 0 Å². The molecule has 1 aliphatic heterocycles. The van der Waals surface area contributed by atoms with Gasteiger partial charge in [0.15, 0.2) is 0 Å². The molecule has 2 N–H and O–H groups in total. The predicted molar refractivity (Wildman–Crippen MR) is 68.0 cm³/mol. The molecule has 0 aromatic rings. The highest BCUT2D eigenvalue weighted by Crippen LogP contribution is 2.03. The first-order valence-corrected chi connectivity index (χ1v) is 6.52. The third-order valence-electron chi connectivity index (χ3n) is 3.07. The molecule has 1 rings (SSSR count). The molecule has 1 amide bonds. The van der Waals surface area contributed by atoms with E-state index in [9.17, 15) is 4.79 Å². The Labute approximate surface area is 104 Å². The van der Waals surface area contributed by atoms with Crippen molar-refractivity contribution in [3.63, 3.8) is 0 Å². The summed E-state index contributed by atoms with van der Waals surface area (Å²) in [6, 6.07) is -0.157. The van der Waals surface area contributed by atoms with Gasteiger partial charge in [-0.2, -0.15) is 0 Å². The lowest BCUT2D eigenvalue weighted by atomic mass is 10.2. The van der Waals surface area contributed by atoms with Crippen molar-refractivity contribution < 1.29 is 9.53 Å². The fourth-order valence-corrected chi connectivity index (χ4v) is 1.92. The first-order valence-electron chi connectivity index (χ1n) is 6.52. The van der Waals surface area contributed by atoms with Crippen LogP contribution in [0.25, 0.3) is 0 Å². The van der Waals surface area contributed by atoms with Crippen LogP contribution in [0.1, 0.15) is 20.8 Å². The van der Waals surface area contributed by atoms with E-state index in [-0.39, 0.29) is 18.1 Å². The molecule has 2 unspecified atom stereocenters. The van der Waals surface area contributed by atoms with Gasteiger partial charge in [-0.3, -0.25) is 9.69 Å². The van der Waals surface area contributed by atoms with Crippen LogP contribution in [-0.4, -0.2) is 62.3 Å². The maximum atomic E-state index is 11.5. The van der Waals surface area contributed by atoms with Crippen molar-refractivity contribution >= 4 is 5.91 Å². The summed E-state index contributed by atoms with van der Waals surface area (Å²) in [7, 11) is 0. The molecule has 0 spiro atoms. The lowest BCUT2D eigenvalue weighted by Crippen LogP contribution is -2.50. The number of likely N-dealkylation sites (N-methyl/N-ethyl adjacent to an activating group) is 2. The molecule has 0 aromatic carbocycles. The number of hydrogen-bond acceptors (Lipinski definition) is 4. The van der Waals surface area contributed by atoms with Crippen LogP contribution < -0.4 is 10.6 Å². The summed E-state index contributed by atoms with van der Waals surface area (Å²) < 4.78 is 5.66. The number of carbonyl (C=O) groups is 1. The fourth-order valence-electron chi connectivity index (χ4n) is 1.92. The Kier molecular flexibility index (Phi) is 6.47. The zero-order valence-electron chi connectivity index (χ0n) is 11.2. The molecule has 0 radical (unpaired) electrons. The number of rotatable bonds is 6. The van der Waals surface area contributed by atoms with Crippen LogP contribution in [-0.2, 0) is 9.53 Å². The Bertz CT molecular complexity index is 236. The second-order valence-corrected chi connectivity index (χ2v) is 4.41. The molecular formula is C12H25N3O2. The van der Waals surface area contributed by atoms with Crippen molar-refractivity contribution in [3.05, 3.63) is 0 Å². The second-order valence-electron chi connectivity index (χ2n) is 4.41. The Morgan fingerprint density at radius 2 is 2.29 bits per heavy atom. The molecular weight excluding hydrogens is 218 g/mol. The molecule has 1 saturated heterocycles. The molecule has 100 valence electrons. The summed E-state index contributed by atoms with van der Waals surface area (Å²) in [5.74, 6) is 0.0515. The molecule has 1 heterocycles. The van der Waals surface area contributed by atoms with E-state index in [0.29, 0.717) is 6.54 Å². The summed E-state index contributed by atoms with van der Waals surface area (Å²) in [6.07, 6.45) is 0.195. The highest BCUT2D eigenvalue weighted by Gasteiger charge is 2.20. The minimum Gasteiger partial charge on any atom is -0.374 e. The van der Waals surface area contributed by atoms with Crippen LogP contribution >= 0.6 is 0 Å². The van der Waals surface area contributed by atoms with Gasteiger partial charge in [0.1, 0.15) is 0 Å². The molecule has 1 fully saturated rings. The Balaban J connectivity index is 2.23. The highest BCUT2D eigenvalue weighted by atomic mass is 16.5. The molecule has 0 bridgehead atoms. The monoisotopic (exact) mass is 243 g/mol. The number of nitrogens with zero attached hydrogens (tertiary/aromatic N) is 1. The summed E-state index contributed by atoms with van der Waals surface area (Å²) >= 11 is 0. The largest absolute Gasteiger partial charge is 0.374 e. The molecule has 0 aliphatic carbocycles. The minimum atomic E-state index is -0.157. The molecule has 17 heavy (non-hydrogen) atoms. The first kappa shape index (κ1) is 14.4. The minimum absolute atomic E-state index is 0.0515. The normalized spacial score (nSPS) is 23.4. The van der Waals surface area contributed by atoms with Gasteiger partial charge in [0, 0.05) is 26.2 Å². The Morgan fingerprint density at radius 1 is 1.53 bits per heavy atom. The van der Waals surface area contributed by atoms with E-state index in [1.54, 1.807) is 0 Å². The number of amides is 1. The van der Waals surface area contributed by atoms with Crippen molar-refractivity contribution in [1.29, 1.82) is 0 Å². The van der Waals surface area contributed by atoms with Crippen LogP contribution in [0.4, 0.5) is 0 Å². The zero-order chi connectivity index (χ0) is 12.7. The second kappa shape index (κ2) is 7.63. The fraction of sp³-hybridized carbons (Fsp3) is 0.917. The summed E-state index contributed by atoms with van der Waals surface area (Å²) in [4.78, 5) is 13.9. The Morgan fingerprint density at radius 3 is 2.94 bits per heavy atom. The number of ether oxygens (including phenoxy) is 1. The average molecular weight is 243 g/mol. The highest BCUT2D eigenvalue weighted by molar-refractivity contribution is 5.81. The quantitative estimate of drug-likeness (QED) is 0.679. The first-order chi connectivity index (χ1) is 8.17. The topological polar surface area (TPSA) is 53.6 Å². The summed E-state index contributed by atoms with van der Waals surface area (Å²) in [5, 5.41) is 6.02. The van der Waals surface area contributed by atoms with Gasteiger partial charge in [-0.1, -0.05) is 6.92 Å².